The lowest BCUT2D eigenvalue weighted by Crippen LogP contribution is -2.47. The fraction of sp³-hybridized carbons (Fsp3) is 0.350. The van der Waals surface area contributed by atoms with Crippen molar-refractivity contribution in [2.45, 2.75) is 12.7 Å². The molecule has 0 aliphatic carbocycles. The van der Waals surface area contributed by atoms with E-state index in [1.807, 2.05) is 7.05 Å². The van der Waals surface area contributed by atoms with Crippen LogP contribution >= 0.6 is 0 Å². The van der Waals surface area contributed by atoms with Crippen molar-refractivity contribution < 1.29 is 18.0 Å². The first kappa shape index (κ1) is 19.4. The van der Waals surface area contributed by atoms with E-state index in [-0.39, 0.29) is 23.8 Å². The number of nitrogens with two attached hydrogens (primary N) is 1. The van der Waals surface area contributed by atoms with Crippen LogP contribution in [0.15, 0.2) is 29.4 Å². The number of carbonyl (C=O) groups is 1. The third kappa shape index (κ3) is 3.69. The van der Waals surface area contributed by atoms with E-state index in [1.165, 1.54) is 12.3 Å². The largest absolute Gasteiger partial charge is 0.416 e. The number of anilines is 1. The number of halogens is 3. The number of benzene rings is 1. The van der Waals surface area contributed by atoms with Crippen molar-refractivity contribution in [2.75, 3.05) is 39.0 Å². The Morgan fingerprint density at radius 1 is 1.14 bits per heavy atom. The number of amides is 1. The maximum atomic E-state index is 13.4. The van der Waals surface area contributed by atoms with Crippen molar-refractivity contribution >= 4 is 17.9 Å². The molecule has 1 fully saturated rings. The van der Waals surface area contributed by atoms with Crippen LogP contribution in [0.5, 0.6) is 0 Å². The number of carbonyl (C=O) groups excluding carboxylic acids is 1. The molecule has 1 aromatic carbocycles. The number of pyridine rings is 1. The SMILES string of the molecule is CN1CCN(C(=O)c2cc(-c3cc(C(F)(F)F)cc4c3C=NC4)cnc2N)CC1. The average molecular weight is 403 g/mol. The van der Waals surface area contributed by atoms with Crippen molar-refractivity contribution in [3.05, 3.63) is 46.6 Å². The quantitative estimate of drug-likeness (QED) is 0.837. The fourth-order valence-corrected chi connectivity index (χ4v) is 3.61. The van der Waals surface area contributed by atoms with E-state index < -0.39 is 11.7 Å². The molecule has 2 aromatic rings. The van der Waals surface area contributed by atoms with Gasteiger partial charge in [0.05, 0.1) is 17.7 Å². The van der Waals surface area contributed by atoms with Gasteiger partial charge in [0.2, 0.25) is 0 Å². The van der Waals surface area contributed by atoms with E-state index in [9.17, 15) is 18.0 Å². The number of aromatic nitrogens is 1. The van der Waals surface area contributed by atoms with Gasteiger partial charge in [0.15, 0.2) is 0 Å². The summed E-state index contributed by atoms with van der Waals surface area (Å²) < 4.78 is 40.1. The average Bonchev–Trinajstić information content (AvgIpc) is 3.16. The second kappa shape index (κ2) is 7.14. The van der Waals surface area contributed by atoms with Crippen LogP contribution in [0.2, 0.25) is 0 Å². The Labute approximate surface area is 165 Å². The molecule has 3 heterocycles. The highest BCUT2D eigenvalue weighted by Gasteiger charge is 2.33. The van der Waals surface area contributed by atoms with Gasteiger partial charge in [-0.1, -0.05) is 0 Å². The van der Waals surface area contributed by atoms with Crippen molar-refractivity contribution in [1.82, 2.24) is 14.8 Å². The van der Waals surface area contributed by atoms with E-state index in [0.29, 0.717) is 35.3 Å². The molecule has 1 saturated heterocycles. The number of fused-ring (bicyclic) bond motifs is 1. The summed E-state index contributed by atoms with van der Waals surface area (Å²) in [5.74, 6) is -0.197. The minimum atomic E-state index is -4.48. The molecule has 0 unspecified atom stereocenters. The molecule has 2 aliphatic rings. The summed E-state index contributed by atoms with van der Waals surface area (Å²) in [4.78, 5) is 25.0. The monoisotopic (exact) mass is 403 g/mol. The molecular formula is C20H20F3N5O. The van der Waals surface area contributed by atoms with E-state index >= 15 is 0 Å². The van der Waals surface area contributed by atoms with E-state index in [2.05, 4.69) is 14.9 Å². The standard InChI is InChI=1S/C20H20F3N5O/c1-27-2-4-28(5-3-27)19(29)16-7-13(10-26-18(16)24)15-8-14(20(21,22)23)6-12-9-25-11-17(12)15/h6-8,10-11H,2-5,9H2,1H3,(H2,24,26). The molecule has 4 rings (SSSR count). The van der Waals surface area contributed by atoms with Crippen molar-refractivity contribution in [3.63, 3.8) is 0 Å². The molecule has 152 valence electrons. The number of rotatable bonds is 2. The van der Waals surface area contributed by atoms with Gasteiger partial charge in [-0.15, -0.1) is 0 Å². The molecular weight excluding hydrogens is 383 g/mol. The lowest BCUT2D eigenvalue weighted by molar-refractivity contribution is -0.137. The maximum Gasteiger partial charge on any atom is 0.416 e. The van der Waals surface area contributed by atoms with Crippen LogP contribution in [0, 0.1) is 0 Å². The van der Waals surface area contributed by atoms with Gasteiger partial charge in [-0.05, 0) is 36.4 Å². The van der Waals surface area contributed by atoms with E-state index in [0.717, 1.165) is 25.2 Å². The van der Waals surface area contributed by atoms with Crippen molar-refractivity contribution in [2.24, 2.45) is 4.99 Å². The highest BCUT2D eigenvalue weighted by atomic mass is 19.4. The van der Waals surface area contributed by atoms with Crippen molar-refractivity contribution in [1.29, 1.82) is 0 Å². The Morgan fingerprint density at radius 2 is 1.86 bits per heavy atom. The van der Waals surface area contributed by atoms with Gasteiger partial charge in [-0.2, -0.15) is 13.2 Å². The Balaban J connectivity index is 1.76. The summed E-state index contributed by atoms with van der Waals surface area (Å²) in [6.07, 6.45) is -1.52. The first-order valence-electron chi connectivity index (χ1n) is 9.21. The first-order valence-corrected chi connectivity index (χ1v) is 9.21. The zero-order valence-corrected chi connectivity index (χ0v) is 15.8. The Bertz CT molecular complexity index is 994. The Hall–Kier alpha value is -2.94. The van der Waals surface area contributed by atoms with E-state index in [4.69, 9.17) is 5.73 Å². The molecule has 1 aromatic heterocycles. The number of aliphatic imine (C=N–C) groups is 1. The summed E-state index contributed by atoms with van der Waals surface area (Å²) in [5.41, 5.74) is 7.26. The van der Waals surface area contributed by atoms with Crippen LogP contribution in [0.4, 0.5) is 19.0 Å². The third-order valence-electron chi connectivity index (χ3n) is 5.33. The number of hydrogen-bond acceptors (Lipinski definition) is 5. The van der Waals surface area contributed by atoms with Gasteiger partial charge in [0, 0.05) is 49.7 Å². The molecule has 0 radical (unpaired) electrons. The molecule has 29 heavy (non-hydrogen) atoms. The topological polar surface area (TPSA) is 74.8 Å². The predicted molar refractivity (Wildman–Crippen MR) is 104 cm³/mol. The fourth-order valence-electron chi connectivity index (χ4n) is 3.61. The molecule has 0 spiro atoms. The Kier molecular flexibility index (Phi) is 4.77. The number of alkyl halides is 3. The molecule has 2 aliphatic heterocycles. The highest BCUT2D eigenvalue weighted by molar-refractivity contribution is 6.01. The smallest absolute Gasteiger partial charge is 0.383 e. The minimum absolute atomic E-state index is 0.0648. The summed E-state index contributed by atoms with van der Waals surface area (Å²) in [7, 11) is 1.98. The predicted octanol–water partition coefficient (Wildman–Crippen LogP) is 2.67. The number of nitrogen functional groups attached to an aromatic ring is 1. The van der Waals surface area contributed by atoms with Gasteiger partial charge in [0.25, 0.3) is 5.91 Å². The van der Waals surface area contributed by atoms with Gasteiger partial charge >= 0.3 is 6.18 Å². The summed E-state index contributed by atoms with van der Waals surface area (Å²) in [6, 6.07) is 3.73. The second-order valence-electron chi connectivity index (χ2n) is 7.32. The number of hydrogen-bond donors (Lipinski definition) is 1. The lowest BCUT2D eigenvalue weighted by Gasteiger charge is -2.32. The number of nitrogens with zero attached hydrogens (tertiary/aromatic N) is 4. The normalized spacial score (nSPS) is 16.9. The van der Waals surface area contributed by atoms with Gasteiger partial charge in [0.1, 0.15) is 5.82 Å². The molecule has 2 N–H and O–H groups in total. The van der Waals surface area contributed by atoms with Gasteiger partial charge in [-0.25, -0.2) is 4.98 Å². The third-order valence-corrected chi connectivity index (χ3v) is 5.33. The van der Waals surface area contributed by atoms with Crippen LogP contribution in [0.1, 0.15) is 27.0 Å². The van der Waals surface area contributed by atoms with Gasteiger partial charge < -0.3 is 15.5 Å². The van der Waals surface area contributed by atoms with Crippen LogP contribution in [0.3, 0.4) is 0 Å². The molecule has 6 nitrogen and oxygen atoms in total. The second-order valence-corrected chi connectivity index (χ2v) is 7.32. The summed E-state index contributed by atoms with van der Waals surface area (Å²) in [6.45, 7) is 2.81. The van der Waals surface area contributed by atoms with Crippen LogP contribution < -0.4 is 5.73 Å². The molecule has 0 bridgehead atoms. The number of likely N-dealkylation sites (N-methyl/N-ethyl adjacent to an activating group) is 1. The first-order chi connectivity index (χ1) is 13.7. The van der Waals surface area contributed by atoms with Crippen LogP contribution in [-0.2, 0) is 12.7 Å². The zero-order chi connectivity index (χ0) is 20.8. The van der Waals surface area contributed by atoms with Crippen LogP contribution in [-0.4, -0.2) is 60.1 Å². The van der Waals surface area contributed by atoms with Crippen molar-refractivity contribution in [3.8, 4) is 11.1 Å². The minimum Gasteiger partial charge on any atom is -0.383 e. The lowest BCUT2D eigenvalue weighted by atomic mass is 9.94. The zero-order valence-electron chi connectivity index (χ0n) is 15.8. The highest BCUT2D eigenvalue weighted by Crippen LogP contribution is 2.37. The molecule has 9 heteroatoms. The molecule has 0 atom stereocenters. The van der Waals surface area contributed by atoms with Crippen LogP contribution in [0.25, 0.3) is 11.1 Å². The maximum absolute atomic E-state index is 13.4. The molecule has 1 amide bonds. The number of piperazine rings is 1. The van der Waals surface area contributed by atoms with E-state index in [1.54, 1.807) is 11.1 Å². The Morgan fingerprint density at radius 3 is 2.55 bits per heavy atom. The summed E-state index contributed by atoms with van der Waals surface area (Å²) >= 11 is 0. The summed E-state index contributed by atoms with van der Waals surface area (Å²) in [5, 5.41) is 0. The van der Waals surface area contributed by atoms with Gasteiger partial charge in [-0.3, -0.25) is 9.79 Å². The molecule has 0 saturated carbocycles.